The molecule has 2 aromatic heterocycles. The van der Waals surface area contributed by atoms with Crippen LogP contribution < -0.4 is 4.90 Å². The summed E-state index contributed by atoms with van der Waals surface area (Å²) in [5, 5.41) is 4.19. The molecule has 1 aliphatic carbocycles. The standard InChI is InChI=1S/C18H16N6O/c1-2-5-13-12(4-1)16-19-8-3-9-23(16)18-14(20-10-24(13)18)15-21-17(25-22-15)11-6-7-11/h1-2,4-5,10-11H,3,6-9H2. The van der Waals surface area contributed by atoms with Crippen molar-refractivity contribution in [2.24, 2.45) is 4.99 Å². The van der Waals surface area contributed by atoms with Crippen LogP contribution in [0, 0.1) is 0 Å². The van der Waals surface area contributed by atoms with Crippen molar-refractivity contribution in [3.63, 3.8) is 0 Å². The van der Waals surface area contributed by atoms with Gasteiger partial charge in [0, 0.05) is 24.6 Å². The number of aliphatic imine (C=N–C) groups is 1. The lowest BCUT2D eigenvalue weighted by molar-refractivity contribution is 0.380. The molecule has 0 amide bonds. The van der Waals surface area contributed by atoms with Crippen LogP contribution in [-0.2, 0) is 0 Å². The Bertz CT molecular complexity index is 1010. The van der Waals surface area contributed by atoms with Gasteiger partial charge in [-0.05, 0) is 31.4 Å². The lowest BCUT2D eigenvalue weighted by atomic mass is 10.1. The van der Waals surface area contributed by atoms with Gasteiger partial charge < -0.3 is 9.42 Å². The maximum absolute atomic E-state index is 5.45. The average molecular weight is 332 g/mol. The molecule has 1 saturated carbocycles. The van der Waals surface area contributed by atoms with Crippen LogP contribution in [0.25, 0.3) is 17.2 Å². The first-order valence-electron chi connectivity index (χ1n) is 8.73. The van der Waals surface area contributed by atoms with Crippen LogP contribution in [-0.4, -0.2) is 38.6 Å². The van der Waals surface area contributed by atoms with E-state index in [0.29, 0.717) is 11.7 Å². The molecule has 3 aliphatic rings. The minimum atomic E-state index is 0.438. The van der Waals surface area contributed by atoms with Gasteiger partial charge in [0.25, 0.3) is 0 Å². The minimum Gasteiger partial charge on any atom is -0.339 e. The Morgan fingerprint density at radius 1 is 1.16 bits per heavy atom. The van der Waals surface area contributed by atoms with Gasteiger partial charge in [-0.25, -0.2) is 4.98 Å². The number of aromatic nitrogens is 4. The summed E-state index contributed by atoms with van der Waals surface area (Å²) in [6, 6.07) is 8.32. The lowest BCUT2D eigenvalue weighted by Crippen LogP contribution is -2.41. The Morgan fingerprint density at radius 3 is 3.00 bits per heavy atom. The van der Waals surface area contributed by atoms with Crippen LogP contribution >= 0.6 is 0 Å². The summed E-state index contributed by atoms with van der Waals surface area (Å²) in [4.78, 5) is 16.3. The van der Waals surface area contributed by atoms with Crippen molar-refractivity contribution in [2.75, 3.05) is 18.0 Å². The van der Waals surface area contributed by atoms with Gasteiger partial charge in [0.2, 0.25) is 11.7 Å². The largest absolute Gasteiger partial charge is 0.339 e. The zero-order valence-corrected chi connectivity index (χ0v) is 13.6. The maximum Gasteiger partial charge on any atom is 0.230 e. The van der Waals surface area contributed by atoms with Crippen LogP contribution in [0.1, 0.15) is 36.6 Å². The van der Waals surface area contributed by atoms with E-state index < -0.39 is 0 Å². The molecule has 0 saturated heterocycles. The van der Waals surface area contributed by atoms with Gasteiger partial charge in [-0.15, -0.1) is 0 Å². The molecule has 7 heteroatoms. The number of hydrogen-bond acceptors (Lipinski definition) is 6. The zero-order chi connectivity index (χ0) is 16.4. The molecular formula is C18H16N6O. The van der Waals surface area contributed by atoms with Gasteiger partial charge >= 0.3 is 0 Å². The highest BCUT2D eigenvalue weighted by Gasteiger charge is 2.35. The third-order valence-corrected chi connectivity index (χ3v) is 5.04. The molecule has 3 aromatic rings. The molecule has 7 nitrogen and oxygen atoms in total. The summed E-state index contributed by atoms with van der Waals surface area (Å²) in [6.07, 6.45) is 5.15. The van der Waals surface area contributed by atoms with Crippen molar-refractivity contribution in [1.29, 1.82) is 0 Å². The van der Waals surface area contributed by atoms with Crippen LogP contribution in [0.15, 0.2) is 40.1 Å². The predicted octanol–water partition coefficient (Wildman–Crippen LogP) is 2.77. The summed E-state index contributed by atoms with van der Waals surface area (Å²) in [7, 11) is 0. The van der Waals surface area contributed by atoms with Crippen LogP contribution in [0.5, 0.6) is 0 Å². The Labute approximate surface area is 144 Å². The third-order valence-electron chi connectivity index (χ3n) is 5.04. The maximum atomic E-state index is 5.45. The monoisotopic (exact) mass is 332 g/mol. The molecule has 0 bridgehead atoms. The minimum absolute atomic E-state index is 0.438. The number of amidine groups is 1. The molecule has 0 unspecified atom stereocenters. The molecule has 2 aliphatic heterocycles. The Balaban J connectivity index is 1.57. The van der Waals surface area contributed by atoms with Gasteiger partial charge in [-0.3, -0.25) is 9.56 Å². The van der Waals surface area contributed by atoms with Crippen molar-refractivity contribution in [3.8, 4) is 17.2 Å². The van der Waals surface area contributed by atoms with E-state index >= 15 is 0 Å². The fourth-order valence-electron chi connectivity index (χ4n) is 3.68. The van der Waals surface area contributed by atoms with E-state index in [-0.39, 0.29) is 0 Å². The summed E-state index contributed by atoms with van der Waals surface area (Å²) in [6.45, 7) is 1.77. The second-order valence-electron chi connectivity index (χ2n) is 6.74. The highest BCUT2D eigenvalue weighted by atomic mass is 16.5. The van der Waals surface area contributed by atoms with Crippen molar-refractivity contribution in [1.82, 2.24) is 19.7 Å². The van der Waals surface area contributed by atoms with E-state index in [1.54, 1.807) is 0 Å². The second-order valence-corrected chi connectivity index (χ2v) is 6.74. The normalized spacial score (nSPS) is 18.4. The fraction of sp³-hybridized carbons (Fsp3) is 0.333. The van der Waals surface area contributed by atoms with E-state index in [1.807, 2.05) is 12.4 Å². The molecule has 0 atom stereocenters. The van der Waals surface area contributed by atoms with Gasteiger partial charge in [0.05, 0.1) is 5.69 Å². The molecule has 0 spiro atoms. The third kappa shape index (κ3) is 1.86. The van der Waals surface area contributed by atoms with Gasteiger partial charge in [-0.2, -0.15) is 4.98 Å². The highest BCUT2D eigenvalue weighted by molar-refractivity contribution is 6.15. The summed E-state index contributed by atoms with van der Waals surface area (Å²) >= 11 is 0. The Hall–Kier alpha value is -2.96. The van der Waals surface area contributed by atoms with E-state index in [1.165, 1.54) is 0 Å². The van der Waals surface area contributed by atoms with Gasteiger partial charge in [0.1, 0.15) is 12.2 Å². The number of rotatable bonds is 2. The predicted molar refractivity (Wildman–Crippen MR) is 92.2 cm³/mol. The first-order valence-corrected chi connectivity index (χ1v) is 8.73. The SMILES string of the molecule is c1ccc2c(c1)C1=NCCCN1c1c(-c3noc(C4CC4)n3)ncn1-2. The van der Waals surface area contributed by atoms with Crippen molar-refractivity contribution < 1.29 is 4.52 Å². The van der Waals surface area contributed by atoms with Crippen LogP contribution in [0.3, 0.4) is 0 Å². The Morgan fingerprint density at radius 2 is 2.08 bits per heavy atom. The topological polar surface area (TPSA) is 72.3 Å². The fourth-order valence-corrected chi connectivity index (χ4v) is 3.68. The summed E-state index contributed by atoms with van der Waals surface area (Å²) in [5.41, 5.74) is 3.00. The molecule has 6 rings (SSSR count). The number of anilines is 1. The number of hydrogen-bond donors (Lipinski definition) is 0. The molecule has 1 fully saturated rings. The van der Waals surface area contributed by atoms with E-state index in [4.69, 9.17) is 9.52 Å². The number of fused-ring (bicyclic) bond motifs is 6. The quantitative estimate of drug-likeness (QED) is 0.721. The van der Waals surface area contributed by atoms with Gasteiger partial charge in [0.15, 0.2) is 11.5 Å². The van der Waals surface area contributed by atoms with Crippen LogP contribution in [0.4, 0.5) is 5.82 Å². The molecule has 1 aromatic carbocycles. The van der Waals surface area contributed by atoms with Crippen molar-refractivity contribution in [3.05, 3.63) is 42.0 Å². The molecular weight excluding hydrogens is 316 g/mol. The molecule has 0 N–H and O–H groups in total. The van der Waals surface area contributed by atoms with E-state index in [0.717, 1.165) is 66.8 Å². The molecule has 25 heavy (non-hydrogen) atoms. The second kappa shape index (κ2) is 4.78. The lowest BCUT2D eigenvalue weighted by Gasteiger charge is -2.35. The summed E-state index contributed by atoms with van der Waals surface area (Å²) < 4.78 is 7.56. The zero-order valence-electron chi connectivity index (χ0n) is 13.6. The first kappa shape index (κ1) is 13.3. The summed E-state index contributed by atoms with van der Waals surface area (Å²) in [5.74, 6) is 3.75. The van der Waals surface area contributed by atoms with Crippen LogP contribution in [0.2, 0.25) is 0 Å². The molecule has 0 radical (unpaired) electrons. The molecule has 4 heterocycles. The average Bonchev–Trinajstić information content (AvgIpc) is 3.23. The van der Waals surface area contributed by atoms with Crippen molar-refractivity contribution in [2.45, 2.75) is 25.2 Å². The molecule has 124 valence electrons. The highest BCUT2D eigenvalue weighted by Crippen LogP contribution is 2.41. The first-order chi connectivity index (χ1) is 12.4. The smallest absolute Gasteiger partial charge is 0.230 e. The Kier molecular flexibility index (Phi) is 2.55. The number of nitrogens with zero attached hydrogens (tertiary/aromatic N) is 6. The number of imidazole rings is 1. The van der Waals surface area contributed by atoms with E-state index in [9.17, 15) is 0 Å². The van der Waals surface area contributed by atoms with Gasteiger partial charge in [-0.1, -0.05) is 17.3 Å². The van der Waals surface area contributed by atoms with E-state index in [2.05, 4.69) is 42.8 Å². The number of benzene rings is 1. The number of para-hydroxylation sites is 1. The van der Waals surface area contributed by atoms with Crippen molar-refractivity contribution >= 4 is 11.7 Å².